The second kappa shape index (κ2) is 3.62. The Labute approximate surface area is 68.8 Å². The number of hydrogen-bond acceptors (Lipinski definition) is 2. The van der Waals surface area contributed by atoms with Crippen LogP contribution in [0, 0.1) is 0 Å². The van der Waals surface area contributed by atoms with Gasteiger partial charge in [0, 0.05) is 12.6 Å². The van der Waals surface area contributed by atoms with E-state index in [-0.39, 0.29) is 19.1 Å². The summed E-state index contributed by atoms with van der Waals surface area (Å²) in [5.74, 6) is 0. The minimum atomic E-state index is -4.13. The second-order valence-electron chi connectivity index (χ2n) is 3.05. The molecule has 0 bridgehead atoms. The van der Waals surface area contributed by atoms with Crippen LogP contribution in [-0.2, 0) is 0 Å². The third kappa shape index (κ3) is 2.35. The van der Waals surface area contributed by atoms with Gasteiger partial charge in [-0.1, -0.05) is 0 Å². The van der Waals surface area contributed by atoms with Crippen LogP contribution in [-0.4, -0.2) is 30.0 Å². The molecule has 0 aliphatic carbocycles. The predicted octanol–water partition coefficient (Wildman–Crippen LogP) is 1.05. The summed E-state index contributed by atoms with van der Waals surface area (Å²) in [5.41, 5.74) is 0. The summed E-state index contributed by atoms with van der Waals surface area (Å²) in [4.78, 5) is 0. The highest BCUT2D eigenvalue weighted by atomic mass is 19.4. The van der Waals surface area contributed by atoms with Gasteiger partial charge in [-0.3, -0.25) is 0 Å². The molecule has 1 aliphatic rings. The SMILES string of the molecule is OCCC1CCC(C(F)(F)F)N1. The first-order valence-corrected chi connectivity index (χ1v) is 3.97. The van der Waals surface area contributed by atoms with Crippen molar-refractivity contribution in [2.45, 2.75) is 37.5 Å². The molecule has 2 unspecified atom stereocenters. The van der Waals surface area contributed by atoms with E-state index >= 15 is 0 Å². The number of halogens is 3. The average molecular weight is 183 g/mol. The van der Waals surface area contributed by atoms with Gasteiger partial charge in [-0.15, -0.1) is 0 Å². The van der Waals surface area contributed by atoms with Crippen LogP contribution in [0.5, 0.6) is 0 Å². The maximum atomic E-state index is 12.0. The van der Waals surface area contributed by atoms with Crippen LogP contribution < -0.4 is 5.32 Å². The van der Waals surface area contributed by atoms with Gasteiger partial charge < -0.3 is 10.4 Å². The Kier molecular flexibility index (Phi) is 2.95. The molecule has 0 aromatic carbocycles. The molecule has 1 rings (SSSR count). The number of hydrogen-bond donors (Lipinski definition) is 2. The molecule has 0 radical (unpaired) electrons. The van der Waals surface area contributed by atoms with Crippen LogP contribution >= 0.6 is 0 Å². The van der Waals surface area contributed by atoms with Crippen LogP contribution in [0.1, 0.15) is 19.3 Å². The van der Waals surface area contributed by atoms with Gasteiger partial charge in [-0.25, -0.2) is 0 Å². The maximum Gasteiger partial charge on any atom is 0.403 e. The summed E-state index contributed by atoms with van der Waals surface area (Å²) in [6.45, 7) is -0.0533. The molecule has 2 nitrogen and oxygen atoms in total. The molecule has 1 aliphatic heterocycles. The Hall–Kier alpha value is -0.290. The van der Waals surface area contributed by atoms with E-state index in [0.29, 0.717) is 12.8 Å². The lowest BCUT2D eigenvalue weighted by molar-refractivity contribution is -0.152. The summed E-state index contributed by atoms with van der Waals surface area (Å²) in [7, 11) is 0. The van der Waals surface area contributed by atoms with Crippen molar-refractivity contribution in [3.63, 3.8) is 0 Å². The van der Waals surface area contributed by atoms with E-state index < -0.39 is 12.2 Å². The van der Waals surface area contributed by atoms with E-state index in [0.717, 1.165) is 0 Å². The molecular formula is C7H12F3NO. The topological polar surface area (TPSA) is 32.3 Å². The number of nitrogens with one attached hydrogen (secondary N) is 1. The fourth-order valence-electron chi connectivity index (χ4n) is 1.46. The Bertz CT molecular complexity index is 148. The van der Waals surface area contributed by atoms with Gasteiger partial charge in [0.05, 0.1) is 0 Å². The van der Waals surface area contributed by atoms with Gasteiger partial charge in [0.2, 0.25) is 0 Å². The summed E-state index contributed by atoms with van der Waals surface area (Å²) in [6, 6.07) is -1.53. The Balaban J connectivity index is 2.35. The summed E-state index contributed by atoms with van der Waals surface area (Å²) in [5, 5.41) is 10.9. The number of rotatable bonds is 2. The minimum Gasteiger partial charge on any atom is -0.396 e. The standard InChI is InChI=1S/C7H12F3NO/c8-7(9,10)6-2-1-5(11-6)3-4-12/h5-6,11-12H,1-4H2. The highest BCUT2D eigenvalue weighted by Crippen LogP contribution is 2.29. The molecular weight excluding hydrogens is 171 g/mol. The van der Waals surface area contributed by atoms with Crippen molar-refractivity contribution in [3.05, 3.63) is 0 Å². The molecule has 1 saturated heterocycles. The normalized spacial score (nSPS) is 31.0. The molecule has 72 valence electrons. The quantitative estimate of drug-likeness (QED) is 0.670. The first-order valence-electron chi connectivity index (χ1n) is 3.97. The van der Waals surface area contributed by atoms with Crippen LogP contribution in [0.4, 0.5) is 13.2 Å². The van der Waals surface area contributed by atoms with E-state index in [2.05, 4.69) is 5.32 Å². The summed E-state index contributed by atoms with van der Waals surface area (Å²) >= 11 is 0. The number of aliphatic hydroxyl groups is 1. The van der Waals surface area contributed by atoms with Crippen LogP contribution in [0.2, 0.25) is 0 Å². The van der Waals surface area contributed by atoms with Crippen molar-refractivity contribution in [1.82, 2.24) is 5.32 Å². The zero-order valence-electron chi connectivity index (χ0n) is 6.56. The first kappa shape index (κ1) is 9.80. The van der Waals surface area contributed by atoms with E-state index in [1.165, 1.54) is 0 Å². The maximum absolute atomic E-state index is 12.0. The second-order valence-corrected chi connectivity index (χ2v) is 3.05. The first-order chi connectivity index (χ1) is 5.54. The summed E-state index contributed by atoms with van der Waals surface area (Å²) < 4.78 is 36.1. The average Bonchev–Trinajstić information content (AvgIpc) is 2.35. The molecule has 0 amide bonds. The highest BCUT2D eigenvalue weighted by molar-refractivity contribution is 4.87. The lowest BCUT2D eigenvalue weighted by atomic mass is 10.1. The molecule has 0 saturated carbocycles. The zero-order valence-corrected chi connectivity index (χ0v) is 6.56. The highest BCUT2D eigenvalue weighted by Gasteiger charge is 2.43. The lowest BCUT2D eigenvalue weighted by Crippen LogP contribution is -2.40. The fraction of sp³-hybridized carbons (Fsp3) is 1.00. The van der Waals surface area contributed by atoms with Crippen LogP contribution in [0.3, 0.4) is 0 Å². The molecule has 1 fully saturated rings. The van der Waals surface area contributed by atoms with Crippen LogP contribution in [0.25, 0.3) is 0 Å². The fourth-order valence-corrected chi connectivity index (χ4v) is 1.46. The van der Waals surface area contributed by atoms with Crippen LogP contribution in [0.15, 0.2) is 0 Å². The van der Waals surface area contributed by atoms with Gasteiger partial charge in [-0.2, -0.15) is 13.2 Å². The molecule has 5 heteroatoms. The van der Waals surface area contributed by atoms with Crippen molar-refractivity contribution in [2.24, 2.45) is 0 Å². The zero-order chi connectivity index (χ0) is 9.19. The monoisotopic (exact) mass is 183 g/mol. The van der Waals surface area contributed by atoms with Crippen molar-refractivity contribution < 1.29 is 18.3 Å². The van der Waals surface area contributed by atoms with Gasteiger partial charge in [0.1, 0.15) is 6.04 Å². The van der Waals surface area contributed by atoms with E-state index in [1.807, 2.05) is 0 Å². The molecule has 2 atom stereocenters. The van der Waals surface area contributed by atoms with Crippen molar-refractivity contribution in [1.29, 1.82) is 0 Å². The molecule has 0 spiro atoms. The smallest absolute Gasteiger partial charge is 0.396 e. The van der Waals surface area contributed by atoms with E-state index in [9.17, 15) is 13.2 Å². The third-order valence-corrected chi connectivity index (χ3v) is 2.11. The van der Waals surface area contributed by atoms with Gasteiger partial charge in [-0.05, 0) is 19.3 Å². The third-order valence-electron chi connectivity index (χ3n) is 2.11. The number of alkyl halides is 3. The molecule has 0 aromatic heterocycles. The van der Waals surface area contributed by atoms with Gasteiger partial charge >= 0.3 is 6.18 Å². The largest absolute Gasteiger partial charge is 0.403 e. The molecule has 12 heavy (non-hydrogen) atoms. The molecule has 2 N–H and O–H groups in total. The summed E-state index contributed by atoms with van der Waals surface area (Å²) in [6.07, 6.45) is -3.09. The Morgan fingerprint density at radius 3 is 2.42 bits per heavy atom. The van der Waals surface area contributed by atoms with Gasteiger partial charge in [0.15, 0.2) is 0 Å². The Morgan fingerprint density at radius 2 is 2.00 bits per heavy atom. The lowest BCUT2D eigenvalue weighted by Gasteiger charge is -2.16. The Morgan fingerprint density at radius 1 is 1.33 bits per heavy atom. The van der Waals surface area contributed by atoms with Gasteiger partial charge in [0.25, 0.3) is 0 Å². The molecule has 0 aromatic rings. The van der Waals surface area contributed by atoms with Crippen molar-refractivity contribution in [2.75, 3.05) is 6.61 Å². The number of aliphatic hydroxyl groups excluding tert-OH is 1. The van der Waals surface area contributed by atoms with Crippen molar-refractivity contribution >= 4 is 0 Å². The van der Waals surface area contributed by atoms with E-state index in [1.54, 1.807) is 0 Å². The predicted molar refractivity (Wildman–Crippen MR) is 37.7 cm³/mol. The molecule has 1 heterocycles. The van der Waals surface area contributed by atoms with E-state index in [4.69, 9.17) is 5.11 Å². The minimum absolute atomic E-state index is 0.0533. The van der Waals surface area contributed by atoms with Crippen molar-refractivity contribution in [3.8, 4) is 0 Å².